The molecule has 0 radical (unpaired) electrons. The Morgan fingerprint density at radius 2 is 1.85 bits per heavy atom. The van der Waals surface area contributed by atoms with Gasteiger partial charge in [0.1, 0.15) is 0 Å². The van der Waals surface area contributed by atoms with Crippen molar-refractivity contribution in [2.24, 2.45) is 5.92 Å². The van der Waals surface area contributed by atoms with Gasteiger partial charge in [-0.05, 0) is 44.3 Å². The predicted molar refractivity (Wildman–Crippen MR) is 54.5 cm³/mol. The predicted octanol–water partition coefficient (Wildman–Crippen LogP) is 2.32. The molecule has 2 heteroatoms. The van der Waals surface area contributed by atoms with Crippen LogP contribution in [-0.2, 0) is 4.79 Å². The van der Waals surface area contributed by atoms with Crippen LogP contribution >= 0.6 is 0 Å². The van der Waals surface area contributed by atoms with Gasteiger partial charge in [-0.15, -0.1) is 0 Å². The summed E-state index contributed by atoms with van der Waals surface area (Å²) in [7, 11) is 0. The molecule has 13 heavy (non-hydrogen) atoms. The zero-order valence-corrected chi connectivity index (χ0v) is 9.00. The third-order valence-electron chi connectivity index (χ3n) is 1.97. The molecule has 0 amide bonds. The van der Waals surface area contributed by atoms with E-state index in [1.165, 1.54) is 13.0 Å². The first-order chi connectivity index (χ1) is 5.93. The molecule has 2 nitrogen and oxygen atoms in total. The summed E-state index contributed by atoms with van der Waals surface area (Å²) in [6, 6.07) is 0. The van der Waals surface area contributed by atoms with Crippen LogP contribution in [0.2, 0.25) is 0 Å². The highest BCUT2D eigenvalue weighted by Gasteiger charge is 2.07. The number of carbonyl (C=O) groups excluding carboxylic acids is 1. The van der Waals surface area contributed by atoms with Gasteiger partial charge in [-0.25, -0.2) is 0 Å². The zero-order chi connectivity index (χ0) is 10.4. The molecule has 0 bridgehead atoms. The third-order valence-corrected chi connectivity index (χ3v) is 1.97. The van der Waals surface area contributed by atoms with Gasteiger partial charge in [0.15, 0.2) is 5.78 Å². The van der Waals surface area contributed by atoms with E-state index in [1.54, 1.807) is 6.92 Å². The fourth-order valence-corrected chi connectivity index (χ4v) is 1.14. The molecule has 1 N–H and O–H groups in total. The summed E-state index contributed by atoms with van der Waals surface area (Å²) in [5.74, 6) is 0.598. The van der Waals surface area contributed by atoms with E-state index >= 15 is 0 Å². The molecule has 0 aromatic rings. The van der Waals surface area contributed by atoms with Gasteiger partial charge >= 0.3 is 0 Å². The molecular formula is C11H20O2. The Labute approximate surface area is 80.7 Å². The Balaban J connectivity index is 3.96. The summed E-state index contributed by atoms with van der Waals surface area (Å²) in [4.78, 5) is 10.7. The average Bonchev–Trinajstić information content (AvgIpc) is 1.98. The summed E-state index contributed by atoms with van der Waals surface area (Å²) < 4.78 is 0. The molecule has 0 spiro atoms. The van der Waals surface area contributed by atoms with Crippen molar-refractivity contribution in [3.05, 3.63) is 11.6 Å². The number of aliphatic hydroxyl groups excluding tert-OH is 1. The first kappa shape index (κ1) is 12.4. The lowest BCUT2D eigenvalue weighted by Crippen LogP contribution is -2.10. The molecule has 0 rings (SSSR count). The van der Waals surface area contributed by atoms with E-state index in [9.17, 15) is 9.90 Å². The van der Waals surface area contributed by atoms with Crippen LogP contribution in [0.4, 0.5) is 0 Å². The first-order valence-corrected chi connectivity index (χ1v) is 4.80. The van der Waals surface area contributed by atoms with E-state index in [1.807, 2.05) is 0 Å². The number of rotatable bonds is 5. The van der Waals surface area contributed by atoms with Gasteiger partial charge in [0, 0.05) is 0 Å². The standard InChI is InChI=1S/C11H20O2/c1-8(2)5-6-11(13)9(3)7-10(4)12/h7-8,11,13H,5-6H2,1-4H3. The van der Waals surface area contributed by atoms with Crippen molar-refractivity contribution in [1.29, 1.82) is 0 Å². The van der Waals surface area contributed by atoms with Crippen molar-refractivity contribution in [2.45, 2.75) is 46.6 Å². The van der Waals surface area contributed by atoms with E-state index in [2.05, 4.69) is 13.8 Å². The molecule has 1 unspecified atom stereocenters. The number of ketones is 1. The smallest absolute Gasteiger partial charge is 0.152 e. The topological polar surface area (TPSA) is 37.3 Å². The molecule has 0 aromatic heterocycles. The van der Waals surface area contributed by atoms with E-state index in [0.29, 0.717) is 5.92 Å². The van der Waals surface area contributed by atoms with E-state index < -0.39 is 6.10 Å². The Hall–Kier alpha value is -0.630. The molecule has 0 aliphatic carbocycles. The maximum absolute atomic E-state index is 10.7. The maximum atomic E-state index is 10.7. The van der Waals surface area contributed by atoms with Crippen molar-refractivity contribution >= 4 is 5.78 Å². The molecule has 0 saturated heterocycles. The highest BCUT2D eigenvalue weighted by molar-refractivity contribution is 5.87. The van der Waals surface area contributed by atoms with Gasteiger partial charge in [0.25, 0.3) is 0 Å². The highest BCUT2D eigenvalue weighted by atomic mass is 16.3. The molecule has 0 aromatic carbocycles. The summed E-state index contributed by atoms with van der Waals surface area (Å²) in [5.41, 5.74) is 0.771. The molecule has 1 atom stereocenters. The van der Waals surface area contributed by atoms with Crippen LogP contribution in [0.1, 0.15) is 40.5 Å². The second-order valence-electron chi connectivity index (χ2n) is 3.99. The molecule has 0 aliphatic heterocycles. The molecule has 0 heterocycles. The highest BCUT2D eigenvalue weighted by Crippen LogP contribution is 2.12. The minimum atomic E-state index is -0.453. The molecule has 0 aliphatic rings. The van der Waals surface area contributed by atoms with Crippen LogP contribution in [0.25, 0.3) is 0 Å². The number of hydrogen-bond acceptors (Lipinski definition) is 2. The first-order valence-electron chi connectivity index (χ1n) is 4.80. The fraction of sp³-hybridized carbons (Fsp3) is 0.727. The van der Waals surface area contributed by atoms with Crippen LogP contribution in [0, 0.1) is 5.92 Å². The minimum absolute atomic E-state index is 0.00102. The molecule has 0 fully saturated rings. The van der Waals surface area contributed by atoms with Crippen molar-refractivity contribution in [3.8, 4) is 0 Å². The monoisotopic (exact) mass is 184 g/mol. The van der Waals surface area contributed by atoms with E-state index in [4.69, 9.17) is 0 Å². The van der Waals surface area contributed by atoms with Crippen LogP contribution in [0.3, 0.4) is 0 Å². The second kappa shape index (κ2) is 5.92. The Bertz CT molecular complexity index is 192. The van der Waals surface area contributed by atoms with Crippen LogP contribution in [-0.4, -0.2) is 17.0 Å². The Morgan fingerprint density at radius 1 is 1.31 bits per heavy atom. The second-order valence-corrected chi connectivity index (χ2v) is 3.99. The van der Waals surface area contributed by atoms with Crippen molar-refractivity contribution in [2.75, 3.05) is 0 Å². The van der Waals surface area contributed by atoms with Crippen LogP contribution in [0.5, 0.6) is 0 Å². The van der Waals surface area contributed by atoms with Crippen LogP contribution < -0.4 is 0 Å². The van der Waals surface area contributed by atoms with Gasteiger partial charge in [-0.3, -0.25) is 4.79 Å². The average molecular weight is 184 g/mol. The Kier molecular flexibility index (Phi) is 5.63. The van der Waals surface area contributed by atoms with Crippen molar-refractivity contribution in [1.82, 2.24) is 0 Å². The molecule has 0 saturated carbocycles. The lowest BCUT2D eigenvalue weighted by atomic mass is 10.0. The van der Waals surface area contributed by atoms with Gasteiger partial charge in [0.05, 0.1) is 6.10 Å². The van der Waals surface area contributed by atoms with E-state index in [0.717, 1.165) is 18.4 Å². The molecular weight excluding hydrogens is 164 g/mol. The zero-order valence-electron chi connectivity index (χ0n) is 9.00. The lowest BCUT2D eigenvalue weighted by Gasteiger charge is -2.12. The van der Waals surface area contributed by atoms with Crippen molar-refractivity contribution in [3.63, 3.8) is 0 Å². The normalized spacial score (nSPS) is 14.8. The maximum Gasteiger partial charge on any atom is 0.152 e. The molecule has 76 valence electrons. The van der Waals surface area contributed by atoms with Crippen LogP contribution in [0.15, 0.2) is 11.6 Å². The lowest BCUT2D eigenvalue weighted by molar-refractivity contribution is -0.112. The number of allylic oxidation sites excluding steroid dienone is 1. The quantitative estimate of drug-likeness (QED) is 0.666. The van der Waals surface area contributed by atoms with Gasteiger partial charge in [0.2, 0.25) is 0 Å². The van der Waals surface area contributed by atoms with Crippen molar-refractivity contribution < 1.29 is 9.90 Å². The van der Waals surface area contributed by atoms with Gasteiger partial charge < -0.3 is 5.11 Å². The number of hydrogen-bond donors (Lipinski definition) is 1. The van der Waals surface area contributed by atoms with Gasteiger partial charge in [-0.2, -0.15) is 0 Å². The van der Waals surface area contributed by atoms with Gasteiger partial charge in [-0.1, -0.05) is 13.8 Å². The Morgan fingerprint density at radius 3 is 2.23 bits per heavy atom. The number of carbonyl (C=O) groups is 1. The summed E-state index contributed by atoms with van der Waals surface area (Å²) in [6.45, 7) is 7.54. The summed E-state index contributed by atoms with van der Waals surface area (Å²) in [5, 5.41) is 9.59. The summed E-state index contributed by atoms with van der Waals surface area (Å²) >= 11 is 0. The summed E-state index contributed by atoms with van der Waals surface area (Å²) in [6.07, 6.45) is 2.79. The SMILES string of the molecule is CC(=O)C=C(C)C(O)CCC(C)C. The fourth-order valence-electron chi connectivity index (χ4n) is 1.14. The largest absolute Gasteiger partial charge is 0.389 e. The minimum Gasteiger partial charge on any atom is -0.389 e. The number of aliphatic hydroxyl groups is 1. The van der Waals surface area contributed by atoms with E-state index in [-0.39, 0.29) is 5.78 Å². The third kappa shape index (κ3) is 6.52.